The lowest BCUT2D eigenvalue weighted by Gasteiger charge is -2.28. The number of dihydropyridines is 1. The summed E-state index contributed by atoms with van der Waals surface area (Å²) in [7, 11) is 2.25. The van der Waals surface area contributed by atoms with Crippen molar-refractivity contribution >= 4 is 46.0 Å². The first-order chi connectivity index (χ1) is 18.0. The number of carbonyl (C=O) groups excluding carboxylic acids is 4. The topological polar surface area (TPSA) is 176 Å². The highest BCUT2D eigenvalue weighted by Gasteiger charge is 2.43. The van der Waals surface area contributed by atoms with E-state index in [9.17, 15) is 29.3 Å². The summed E-state index contributed by atoms with van der Waals surface area (Å²) in [4.78, 5) is 65.7. The van der Waals surface area contributed by atoms with Gasteiger partial charge in [0.2, 0.25) is 0 Å². The summed E-state index contributed by atoms with van der Waals surface area (Å²) in [5, 5.41) is 18.2. The molecule has 0 unspecified atom stereocenters. The van der Waals surface area contributed by atoms with Crippen LogP contribution in [0.25, 0.3) is 11.3 Å². The zero-order chi connectivity index (χ0) is 28.1. The molecule has 1 aromatic heterocycles. The lowest BCUT2D eigenvalue weighted by atomic mass is 9.85. The summed E-state index contributed by atoms with van der Waals surface area (Å²) >= 11 is 1.07. The fourth-order valence-corrected chi connectivity index (χ4v) is 4.46. The highest BCUT2D eigenvalue weighted by Crippen LogP contribution is 2.33. The number of esters is 3. The van der Waals surface area contributed by atoms with Crippen molar-refractivity contribution in [2.45, 2.75) is 26.9 Å². The minimum absolute atomic E-state index is 0.106. The van der Waals surface area contributed by atoms with E-state index in [0.717, 1.165) is 25.6 Å². The molecule has 1 aliphatic heterocycles. The van der Waals surface area contributed by atoms with Crippen LogP contribution in [0.5, 0.6) is 0 Å². The quantitative estimate of drug-likeness (QED) is 0.216. The Morgan fingerprint density at radius 1 is 1.11 bits per heavy atom. The number of methoxy groups -OCH3 is 2. The number of allylic oxidation sites excluding steroid dienone is 2. The number of nitrogens with one attached hydrogen (secondary N) is 2. The number of hydrogen-bond donors (Lipinski definition) is 2. The van der Waals surface area contributed by atoms with Gasteiger partial charge in [0.1, 0.15) is 5.92 Å². The molecular formula is C24H24N4O9S. The number of hydrogen-bond acceptors (Lipinski definition) is 12. The molecule has 2 N–H and O–H groups in total. The van der Waals surface area contributed by atoms with Gasteiger partial charge in [-0.1, -0.05) is 12.1 Å². The van der Waals surface area contributed by atoms with E-state index >= 15 is 0 Å². The fraction of sp³-hybridized carbons (Fsp3) is 0.292. The van der Waals surface area contributed by atoms with Crippen molar-refractivity contribution in [3.05, 3.63) is 62.3 Å². The predicted molar refractivity (Wildman–Crippen MR) is 134 cm³/mol. The second kappa shape index (κ2) is 11.6. The summed E-state index contributed by atoms with van der Waals surface area (Å²) in [5.74, 6) is -4.98. The number of carbonyl (C=O) groups is 4. The van der Waals surface area contributed by atoms with Crippen molar-refractivity contribution in [2.24, 2.45) is 5.92 Å². The van der Waals surface area contributed by atoms with E-state index in [2.05, 4.69) is 15.6 Å². The number of thiazole rings is 1. The minimum Gasteiger partial charge on any atom is -0.466 e. The lowest BCUT2D eigenvalue weighted by Crippen LogP contribution is -2.40. The Bertz CT molecular complexity index is 1340. The summed E-state index contributed by atoms with van der Waals surface area (Å²) in [6, 6.07) is 5.86. The van der Waals surface area contributed by atoms with E-state index in [1.54, 1.807) is 11.4 Å². The highest BCUT2D eigenvalue weighted by molar-refractivity contribution is 7.14. The van der Waals surface area contributed by atoms with E-state index in [-0.39, 0.29) is 33.4 Å². The summed E-state index contributed by atoms with van der Waals surface area (Å²) in [5.41, 5.74) is 1.02. The number of rotatable bonds is 8. The molecule has 0 spiro atoms. The van der Waals surface area contributed by atoms with Gasteiger partial charge >= 0.3 is 17.9 Å². The minimum atomic E-state index is -1.49. The Labute approximate surface area is 220 Å². The Hall–Kier alpha value is -4.59. The molecule has 1 amide bonds. The average Bonchev–Trinajstić information content (AvgIpc) is 3.35. The van der Waals surface area contributed by atoms with Crippen molar-refractivity contribution in [3.8, 4) is 11.3 Å². The molecule has 200 valence electrons. The molecule has 13 nitrogen and oxygen atoms in total. The van der Waals surface area contributed by atoms with Crippen LogP contribution in [0.3, 0.4) is 0 Å². The Balaban J connectivity index is 1.78. The molecule has 0 saturated heterocycles. The van der Waals surface area contributed by atoms with Crippen LogP contribution in [0.2, 0.25) is 0 Å². The number of non-ortho nitro benzene ring substituents is 1. The van der Waals surface area contributed by atoms with Crippen molar-refractivity contribution in [1.29, 1.82) is 0 Å². The molecule has 0 radical (unpaired) electrons. The van der Waals surface area contributed by atoms with Crippen LogP contribution in [0, 0.1) is 16.0 Å². The first-order valence-electron chi connectivity index (χ1n) is 11.0. The number of aromatic nitrogens is 1. The molecule has 3 rings (SSSR count). The Kier molecular flexibility index (Phi) is 8.57. The van der Waals surface area contributed by atoms with Crippen LogP contribution in [-0.2, 0) is 33.4 Å². The SMILES string of the molecule is COC(=O)C1=C(C)NC(C)=C(C(=O)OC)C1C(=O)O[C@@H](C)C(=O)Nc1nc(-c2cccc([N+](=O)[O-])c2)cs1. The van der Waals surface area contributed by atoms with E-state index in [1.807, 2.05) is 0 Å². The van der Waals surface area contributed by atoms with Crippen LogP contribution >= 0.6 is 11.3 Å². The maximum absolute atomic E-state index is 13.2. The number of nitrogens with zero attached hydrogens (tertiary/aromatic N) is 2. The number of nitro benzene ring substituents is 1. The third-order valence-corrected chi connectivity index (χ3v) is 6.31. The van der Waals surface area contributed by atoms with Gasteiger partial charge < -0.3 is 19.5 Å². The van der Waals surface area contributed by atoms with E-state index in [1.165, 1.54) is 39.0 Å². The summed E-state index contributed by atoms with van der Waals surface area (Å²) < 4.78 is 14.9. The van der Waals surface area contributed by atoms with E-state index in [4.69, 9.17) is 14.2 Å². The van der Waals surface area contributed by atoms with Crippen molar-refractivity contribution < 1.29 is 38.3 Å². The smallest absolute Gasteiger partial charge is 0.336 e. The predicted octanol–water partition coefficient (Wildman–Crippen LogP) is 2.70. The molecule has 0 saturated carbocycles. The highest BCUT2D eigenvalue weighted by atomic mass is 32.1. The van der Waals surface area contributed by atoms with Crippen molar-refractivity contribution in [1.82, 2.24) is 10.3 Å². The maximum Gasteiger partial charge on any atom is 0.336 e. The van der Waals surface area contributed by atoms with Gasteiger partial charge in [0, 0.05) is 34.5 Å². The normalized spacial score (nSPS) is 14.3. The second-order valence-electron chi connectivity index (χ2n) is 8.03. The van der Waals surface area contributed by atoms with Gasteiger partial charge in [0.25, 0.3) is 11.6 Å². The number of anilines is 1. The van der Waals surface area contributed by atoms with Crippen LogP contribution in [0.4, 0.5) is 10.8 Å². The van der Waals surface area contributed by atoms with Crippen LogP contribution in [0.15, 0.2) is 52.2 Å². The molecule has 2 heterocycles. The molecule has 0 fully saturated rings. The van der Waals surface area contributed by atoms with Gasteiger partial charge in [-0.25, -0.2) is 14.6 Å². The lowest BCUT2D eigenvalue weighted by molar-refractivity contribution is -0.384. The Morgan fingerprint density at radius 2 is 1.71 bits per heavy atom. The van der Waals surface area contributed by atoms with Crippen LogP contribution < -0.4 is 10.6 Å². The molecule has 1 aliphatic rings. The molecular weight excluding hydrogens is 520 g/mol. The fourth-order valence-electron chi connectivity index (χ4n) is 3.74. The molecule has 0 aliphatic carbocycles. The number of ether oxygens (including phenoxy) is 3. The standard InChI is InChI=1S/C24H24N4O9S/c1-11-17(21(30)35-4)19(18(12(2)25-11)22(31)36-5)23(32)37-13(3)20(29)27-24-26-16(10-38-24)14-7-6-8-15(9-14)28(33)34/h6-10,13,19,25H,1-5H3,(H,26,27,29)/t13-/m0/s1. The van der Waals surface area contributed by atoms with Crippen molar-refractivity contribution in [3.63, 3.8) is 0 Å². The number of amides is 1. The first-order valence-corrected chi connectivity index (χ1v) is 11.9. The third-order valence-electron chi connectivity index (χ3n) is 5.56. The van der Waals surface area contributed by atoms with Gasteiger partial charge in [-0.2, -0.15) is 0 Å². The molecule has 1 atom stereocenters. The number of benzene rings is 1. The number of nitro groups is 1. The molecule has 14 heteroatoms. The summed E-state index contributed by atoms with van der Waals surface area (Å²) in [6.45, 7) is 4.37. The zero-order valence-corrected chi connectivity index (χ0v) is 21.8. The zero-order valence-electron chi connectivity index (χ0n) is 21.0. The van der Waals surface area contributed by atoms with Gasteiger partial charge in [-0.3, -0.25) is 25.0 Å². The molecule has 2 aromatic rings. The van der Waals surface area contributed by atoms with Gasteiger partial charge in [-0.05, 0) is 20.8 Å². The monoisotopic (exact) mass is 544 g/mol. The largest absolute Gasteiger partial charge is 0.466 e. The first kappa shape index (κ1) is 28.0. The van der Waals surface area contributed by atoms with Gasteiger partial charge in [0.05, 0.1) is 36.0 Å². The second-order valence-corrected chi connectivity index (χ2v) is 8.89. The van der Waals surface area contributed by atoms with E-state index < -0.39 is 40.8 Å². The van der Waals surface area contributed by atoms with E-state index in [0.29, 0.717) is 11.3 Å². The van der Waals surface area contributed by atoms with Crippen LogP contribution in [-0.4, -0.2) is 54.0 Å². The van der Waals surface area contributed by atoms with Gasteiger partial charge in [0.15, 0.2) is 11.2 Å². The Morgan fingerprint density at radius 3 is 2.26 bits per heavy atom. The summed E-state index contributed by atoms with van der Waals surface area (Å²) in [6.07, 6.45) is -1.35. The van der Waals surface area contributed by atoms with Crippen molar-refractivity contribution in [2.75, 3.05) is 19.5 Å². The maximum atomic E-state index is 13.2. The average molecular weight is 545 g/mol. The van der Waals surface area contributed by atoms with Crippen LogP contribution in [0.1, 0.15) is 20.8 Å². The van der Waals surface area contributed by atoms with Gasteiger partial charge in [-0.15, -0.1) is 11.3 Å². The molecule has 1 aromatic carbocycles. The third kappa shape index (κ3) is 5.86. The molecule has 0 bridgehead atoms. The molecule has 38 heavy (non-hydrogen) atoms.